The molecule has 2 atom stereocenters. The Bertz CT molecular complexity index is 1140. The number of sulfone groups is 1. The maximum absolute atomic E-state index is 13.0. The van der Waals surface area contributed by atoms with Crippen molar-refractivity contribution in [1.82, 2.24) is 10.2 Å². The van der Waals surface area contributed by atoms with Crippen LogP contribution in [0.15, 0.2) is 42.5 Å². The van der Waals surface area contributed by atoms with Gasteiger partial charge in [0.05, 0.1) is 17.5 Å². The fourth-order valence-electron chi connectivity index (χ4n) is 5.00. The van der Waals surface area contributed by atoms with Crippen molar-refractivity contribution in [1.29, 1.82) is 0 Å². The molecule has 0 bridgehead atoms. The van der Waals surface area contributed by atoms with Crippen LogP contribution in [0.25, 0.3) is 11.1 Å². The number of benzene rings is 2. The molecule has 2 unspecified atom stereocenters. The molecule has 2 heterocycles. The predicted molar refractivity (Wildman–Crippen MR) is 114 cm³/mol. The molecule has 1 N–H and O–H groups in total. The van der Waals surface area contributed by atoms with Crippen LogP contribution in [0.3, 0.4) is 0 Å². The minimum absolute atomic E-state index is 0.0325. The van der Waals surface area contributed by atoms with E-state index in [9.17, 15) is 18.0 Å². The van der Waals surface area contributed by atoms with Crippen molar-refractivity contribution in [3.8, 4) is 11.1 Å². The lowest BCUT2D eigenvalue weighted by Crippen LogP contribution is -2.52. The van der Waals surface area contributed by atoms with Gasteiger partial charge in [-0.05, 0) is 49.2 Å². The standard InChI is InChI=1S/C23H24N2O4S/c26-22-18-7-3-2-6-16(18)17-9-8-15(12-19(17)22)23(27)24-20-13-30(28,29)14-21(20)25-10-4-1-5-11-25/h2-3,6-9,12,20-21H,1,4-5,10-11,13-14H2,(H,24,27). The van der Waals surface area contributed by atoms with E-state index >= 15 is 0 Å². The highest BCUT2D eigenvalue weighted by Gasteiger charge is 2.42. The van der Waals surface area contributed by atoms with E-state index < -0.39 is 15.9 Å². The monoisotopic (exact) mass is 424 g/mol. The van der Waals surface area contributed by atoms with E-state index in [1.807, 2.05) is 24.3 Å². The van der Waals surface area contributed by atoms with E-state index in [0.717, 1.165) is 37.1 Å². The second kappa shape index (κ2) is 7.32. The van der Waals surface area contributed by atoms with E-state index in [1.165, 1.54) is 6.42 Å². The Hall–Kier alpha value is -2.51. The molecule has 0 radical (unpaired) electrons. The summed E-state index contributed by atoms with van der Waals surface area (Å²) in [5.41, 5.74) is 3.28. The molecule has 156 valence electrons. The summed E-state index contributed by atoms with van der Waals surface area (Å²) in [6.45, 7) is 1.75. The number of ketones is 1. The summed E-state index contributed by atoms with van der Waals surface area (Å²) in [5.74, 6) is -0.346. The molecule has 5 rings (SSSR count). The van der Waals surface area contributed by atoms with Crippen molar-refractivity contribution >= 4 is 21.5 Å². The number of rotatable bonds is 3. The molecule has 0 aromatic heterocycles. The van der Waals surface area contributed by atoms with E-state index in [2.05, 4.69) is 10.2 Å². The molecule has 0 spiro atoms. The lowest BCUT2D eigenvalue weighted by Gasteiger charge is -2.35. The molecule has 7 heteroatoms. The number of likely N-dealkylation sites (tertiary alicyclic amines) is 1. The molecule has 3 aliphatic rings. The second-order valence-electron chi connectivity index (χ2n) is 8.46. The van der Waals surface area contributed by atoms with E-state index in [1.54, 1.807) is 18.2 Å². The van der Waals surface area contributed by atoms with Gasteiger partial charge in [0.15, 0.2) is 15.6 Å². The third-order valence-electron chi connectivity index (χ3n) is 6.49. The van der Waals surface area contributed by atoms with Crippen LogP contribution in [0.5, 0.6) is 0 Å². The lowest BCUT2D eigenvalue weighted by atomic mass is 10.0. The molecule has 2 saturated heterocycles. The number of amides is 1. The van der Waals surface area contributed by atoms with Gasteiger partial charge >= 0.3 is 0 Å². The molecular formula is C23H24N2O4S. The summed E-state index contributed by atoms with van der Waals surface area (Å²) >= 11 is 0. The highest BCUT2D eigenvalue weighted by Crippen LogP contribution is 2.36. The van der Waals surface area contributed by atoms with Crippen LogP contribution in [0.1, 0.15) is 45.5 Å². The number of fused-ring (bicyclic) bond motifs is 3. The van der Waals surface area contributed by atoms with E-state index in [4.69, 9.17) is 0 Å². The SMILES string of the molecule is O=C(NC1CS(=O)(=O)CC1N1CCCCC1)c1ccc2c(c1)C(=O)c1ccccc1-2. The van der Waals surface area contributed by atoms with Gasteiger partial charge in [0, 0.05) is 22.7 Å². The van der Waals surface area contributed by atoms with Crippen LogP contribution in [0, 0.1) is 0 Å². The highest BCUT2D eigenvalue weighted by molar-refractivity contribution is 7.91. The van der Waals surface area contributed by atoms with Gasteiger partial charge < -0.3 is 5.32 Å². The average molecular weight is 425 g/mol. The van der Waals surface area contributed by atoms with Crippen molar-refractivity contribution < 1.29 is 18.0 Å². The van der Waals surface area contributed by atoms with Crippen LogP contribution in [-0.4, -0.2) is 61.7 Å². The first-order chi connectivity index (χ1) is 14.4. The van der Waals surface area contributed by atoms with Crippen molar-refractivity contribution in [3.05, 3.63) is 59.2 Å². The summed E-state index contributed by atoms with van der Waals surface area (Å²) in [5, 5.41) is 2.95. The van der Waals surface area contributed by atoms with Crippen LogP contribution in [0.4, 0.5) is 0 Å². The lowest BCUT2D eigenvalue weighted by molar-refractivity contribution is 0.0900. The number of nitrogens with one attached hydrogen (secondary N) is 1. The van der Waals surface area contributed by atoms with Crippen molar-refractivity contribution in [2.24, 2.45) is 0 Å². The van der Waals surface area contributed by atoms with Crippen LogP contribution in [-0.2, 0) is 9.84 Å². The Morgan fingerprint density at radius 2 is 1.60 bits per heavy atom. The normalized spacial score (nSPS) is 25.0. The van der Waals surface area contributed by atoms with Gasteiger partial charge in [-0.25, -0.2) is 8.42 Å². The van der Waals surface area contributed by atoms with Crippen LogP contribution < -0.4 is 5.32 Å². The molecule has 1 amide bonds. The fraction of sp³-hybridized carbons (Fsp3) is 0.391. The summed E-state index contributed by atoms with van der Waals surface area (Å²) < 4.78 is 24.6. The minimum Gasteiger partial charge on any atom is -0.347 e. The summed E-state index contributed by atoms with van der Waals surface area (Å²) in [6.07, 6.45) is 3.29. The second-order valence-corrected chi connectivity index (χ2v) is 10.6. The molecule has 30 heavy (non-hydrogen) atoms. The first-order valence-corrected chi connectivity index (χ1v) is 12.3. The predicted octanol–water partition coefficient (Wildman–Crippen LogP) is 2.28. The number of hydrogen-bond donors (Lipinski definition) is 1. The van der Waals surface area contributed by atoms with Gasteiger partial charge in [-0.1, -0.05) is 36.8 Å². The van der Waals surface area contributed by atoms with Crippen molar-refractivity contribution in [2.75, 3.05) is 24.6 Å². The number of piperidine rings is 1. The Kier molecular flexibility index (Phi) is 4.75. The molecular weight excluding hydrogens is 400 g/mol. The van der Waals surface area contributed by atoms with Gasteiger partial charge in [0.2, 0.25) is 0 Å². The largest absolute Gasteiger partial charge is 0.347 e. The van der Waals surface area contributed by atoms with Crippen LogP contribution >= 0.6 is 0 Å². The van der Waals surface area contributed by atoms with Crippen molar-refractivity contribution in [2.45, 2.75) is 31.3 Å². The number of carbonyl (C=O) groups is 2. The minimum atomic E-state index is -3.19. The Morgan fingerprint density at radius 3 is 2.37 bits per heavy atom. The number of hydrogen-bond acceptors (Lipinski definition) is 5. The molecule has 6 nitrogen and oxygen atoms in total. The van der Waals surface area contributed by atoms with Crippen LogP contribution in [0.2, 0.25) is 0 Å². The van der Waals surface area contributed by atoms with E-state index in [-0.39, 0.29) is 29.2 Å². The molecule has 0 saturated carbocycles. The first-order valence-electron chi connectivity index (χ1n) is 10.5. The molecule has 2 aromatic rings. The Morgan fingerprint density at radius 1 is 0.900 bits per heavy atom. The Balaban J connectivity index is 1.38. The summed E-state index contributed by atoms with van der Waals surface area (Å²) in [6, 6.07) is 12.0. The third-order valence-corrected chi connectivity index (χ3v) is 8.20. The molecule has 1 aliphatic carbocycles. The molecule has 2 fully saturated rings. The quantitative estimate of drug-likeness (QED) is 0.697. The third kappa shape index (κ3) is 3.36. The fourth-order valence-corrected chi connectivity index (χ4v) is 6.95. The topological polar surface area (TPSA) is 83.6 Å². The molecule has 2 aliphatic heterocycles. The zero-order chi connectivity index (χ0) is 20.9. The van der Waals surface area contributed by atoms with Gasteiger partial charge in [0.1, 0.15) is 0 Å². The first kappa shape index (κ1) is 19.5. The maximum atomic E-state index is 13.0. The van der Waals surface area contributed by atoms with Gasteiger partial charge in [-0.15, -0.1) is 0 Å². The van der Waals surface area contributed by atoms with Crippen molar-refractivity contribution in [3.63, 3.8) is 0 Å². The number of carbonyl (C=O) groups excluding carboxylic acids is 2. The molecule has 2 aromatic carbocycles. The number of nitrogens with zero attached hydrogens (tertiary/aromatic N) is 1. The highest BCUT2D eigenvalue weighted by atomic mass is 32.2. The average Bonchev–Trinajstić information content (AvgIpc) is 3.22. The van der Waals surface area contributed by atoms with Gasteiger partial charge in [-0.3, -0.25) is 14.5 Å². The Labute approximate surface area is 176 Å². The van der Waals surface area contributed by atoms with Gasteiger partial charge in [-0.2, -0.15) is 0 Å². The maximum Gasteiger partial charge on any atom is 0.251 e. The summed E-state index contributed by atoms with van der Waals surface area (Å²) in [7, 11) is -3.19. The zero-order valence-corrected chi connectivity index (χ0v) is 17.5. The zero-order valence-electron chi connectivity index (χ0n) is 16.6. The summed E-state index contributed by atoms with van der Waals surface area (Å²) in [4.78, 5) is 27.9. The smallest absolute Gasteiger partial charge is 0.251 e. The van der Waals surface area contributed by atoms with E-state index in [0.29, 0.717) is 16.7 Å². The van der Waals surface area contributed by atoms with Gasteiger partial charge in [0.25, 0.3) is 5.91 Å².